The molecule has 27 heavy (non-hydrogen) atoms. The van der Waals surface area contributed by atoms with E-state index >= 15 is 0 Å². The summed E-state index contributed by atoms with van der Waals surface area (Å²) in [6.07, 6.45) is 6.97. The summed E-state index contributed by atoms with van der Waals surface area (Å²) in [6, 6.07) is 1.47. The fourth-order valence-corrected chi connectivity index (χ4v) is 3.88. The summed E-state index contributed by atoms with van der Waals surface area (Å²) in [7, 11) is 0. The van der Waals surface area contributed by atoms with Gasteiger partial charge in [0.25, 0.3) is 5.56 Å². The van der Waals surface area contributed by atoms with E-state index in [1.807, 2.05) is 0 Å². The minimum atomic E-state index is -0.303. The van der Waals surface area contributed by atoms with E-state index in [9.17, 15) is 14.4 Å². The molecule has 0 atom stereocenters. The number of nitrogens with zero attached hydrogens (tertiary/aromatic N) is 1. The third-order valence-electron chi connectivity index (χ3n) is 5.21. The third-order valence-corrected chi connectivity index (χ3v) is 5.21. The molecule has 1 N–H and O–H groups in total. The normalized spacial score (nSPS) is 16.1. The van der Waals surface area contributed by atoms with Crippen molar-refractivity contribution >= 4 is 11.6 Å². The van der Waals surface area contributed by atoms with E-state index in [-0.39, 0.29) is 28.5 Å². The molecule has 1 aliphatic heterocycles. The van der Waals surface area contributed by atoms with E-state index < -0.39 is 0 Å². The van der Waals surface area contributed by atoms with Crippen LogP contribution in [0.25, 0.3) is 0 Å². The van der Waals surface area contributed by atoms with Gasteiger partial charge in [0.15, 0.2) is 5.78 Å². The number of fused-ring (bicyclic) bond motifs is 1. The summed E-state index contributed by atoms with van der Waals surface area (Å²) in [5, 5.41) is 2.94. The Labute approximate surface area is 159 Å². The smallest absolute Gasteiger partial charge is 0.251 e. The van der Waals surface area contributed by atoms with E-state index in [1.165, 1.54) is 10.6 Å². The number of pyridine rings is 1. The minimum absolute atomic E-state index is 0.203. The predicted molar refractivity (Wildman–Crippen MR) is 106 cm³/mol. The summed E-state index contributed by atoms with van der Waals surface area (Å²) in [6.45, 7) is 9.97. The van der Waals surface area contributed by atoms with Crippen molar-refractivity contribution in [2.24, 2.45) is 0 Å². The molecule has 0 bridgehead atoms. The van der Waals surface area contributed by atoms with Crippen molar-refractivity contribution in [1.29, 1.82) is 0 Å². The molecular formula is C22H26N2O3. The van der Waals surface area contributed by atoms with Gasteiger partial charge in [0.05, 0.1) is 11.1 Å². The van der Waals surface area contributed by atoms with Crippen molar-refractivity contribution in [2.75, 3.05) is 0 Å². The van der Waals surface area contributed by atoms with E-state index in [0.29, 0.717) is 28.9 Å². The van der Waals surface area contributed by atoms with Gasteiger partial charge in [-0.15, -0.1) is 0 Å². The van der Waals surface area contributed by atoms with Crippen molar-refractivity contribution in [1.82, 2.24) is 9.88 Å². The highest BCUT2D eigenvalue weighted by Crippen LogP contribution is 2.33. The molecule has 3 rings (SSSR count). The number of rotatable bonds is 6. The van der Waals surface area contributed by atoms with Gasteiger partial charge in [0, 0.05) is 18.3 Å². The van der Waals surface area contributed by atoms with Gasteiger partial charge in [0.1, 0.15) is 11.4 Å². The first-order chi connectivity index (χ1) is 12.9. The summed E-state index contributed by atoms with van der Waals surface area (Å²) in [5.74, 6) is -0.506. The second-order valence-corrected chi connectivity index (χ2v) is 7.34. The van der Waals surface area contributed by atoms with Crippen LogP contribution in [0.15, 0.2) is 46.1 Å². The average molecular weight is 366 g/mol. The van der Waals surface area contributed by atoms with Crippen LogP contribution in [0.5, 0.6) is 0 Å². The number of carbonyl (C=O) groups excluding carboxylic acids is 2. The molecule has 0 fully saturated rings. The van der Waals surface area contributed by atoms with Crippen LogP contribution in [0, 0.1) is 6.92 Å². The van der Waals surface area contributed by atoms with Gasteiger partial charge in [-0.05, 0) is 37.5 Å². The Morgan fingerprint density at radius 3 is 2.44 bits per heavy atom. The number of ketones is 2. The molecule has 5 heteroatoms. The number of carbonyl (C=O) groups is 2. The zero-order valence-electron chi connectivity index (χ0n) is 16.3. The molecule has 0 spiro atoms. The monoisotopic (exact) mass is 366 g/mol. The van der Waals surface area contributed by atoms with Crippen LogP contribution in [0.2, 0.25) is 0 Å². The number of hydrogen-bond donors (Lipinski definition) is 1. The molecule has 0 aromatic carbocycles. The van der Waals surface area contributed by atoms with Crippen molar-refractivity contribution in [3.8, 4) is 0 Å². The number of unbranched alkanes of at least 4 members (excludes halogenated alkanes) is 4. The van der Waals surface area contributed by atoms with E-state index in [2.05, 4.69) is 18.8 Å². The van der Waals surface area contributed by atoms with Crippen molar-refractivity contribution in [3.05, 3.63) is 68.4 Å². The quantitative estimate of drug-likeness (QED) is 0.777. The Morgan fingerprint density at radius 1 is 1.04 bits per heavy atom. The molecule has 0 unspecified atom stereocenters. The molecule has 0 radical (unpaired) electrons. The number of aromatic nitrogens is 1. The third kappa shape index (κ3) is 3.34. The van der Waals surface area contributed by atoms with Crippen molar-refractivity contribution in [3.63, 3.8) is 0 Å². The molecule has 0 saturated carbocycles. The van der Waals surface area contributed by atoms with Crippen LogP contribution in [-0.2, 0) is 6.54 Å². The van der Waals surface area contributed by atoms with Gasteiger partial charge >= 0.3 is 0 Å². The molecule has 1 aromatic heterocycles. The van der Waals surface area contributed by atoms with Gasteiger partial charge < -0.3 is 9.88 Å². The van der Waals surface area contributed by atoms with Gasteiger partial charge in [-0.25, -0.2) is 0 Å². The first-order valence-corrected chi connectivity index (χ1v) is 9.59. The van der Waals surface area contributed by atoms with E-state index in [1.54, 1.807) is 19.9 Å². The maximum atomic E-state index is 13.2. The highest BCUT2D eigenvalue weighted by atomic mass is 16.1. The first kappa shape index (κ1) is 19.1. The number of dihydropyridines is 1. The number of allylic oxidation sites excluding steroid dienone is 4. The zero-order chi connectivity index (χ0) is 19.7. The lowest BCUT2D eigenvalue weighted by atomic mass is 9.83. The van der Waals surface area contributed by atoms with Crippen LogP contribution in [0.1, 0.15) is 72.4 Å². The number of nitrogens with one attached hydrogen (secondary N) is 1. The lowest BCUT2D eigenvalue weighted by molar-refractivity contribution is 0.0961. The number of aryl methyl sites for hydroxylation is 1. The molecule has 142 valence electrons. The van der Waals surface area contributed by atoms with Crippen LogP contribution >= 0.6 is 0 Å². The molecule has 5 nitrogen and oxygen atoms in total. The first-order valence-electron chi connectivity index (χ1n) is 9.59. The fraction of sp³-hybridized carbons (Fsp3) is 0.409. The maximum absolute atomic E-state index is 13.2. The second kappa shape index (κ2) is 7.51. The SMILES string of the molecule is C=C1C=C(C)C2=C(N1)C(=O)c1c(c(C)cc(=O)n1CCCCCCC)C2=O. The Morgan fingerprint density at radius 2 is 1.74 bits per heavy atom. The van der Waals surface area contributed by atoms with E-state index in [4.69, 9.17) is 0 Å². The number of Topliss-reactive ketones (excluding diaryl/α,β-unsaturated/α-hetero) is 2. The van der Waals surface area contributed by atoms with Crippen LogP contribution < -0.4 is 10.9 Å². The Hall–Kier alpha value is -2.69. The van der Waals surface area contributed by atoms with Crippen LogP contribution in [0.4, 0.5) is 0 Å². The lowest BCUT2D eigenvalue weighted by Gasteiger charge is -2.28. The fourth-order valence-electron chi connectivity index (χ4n) is 3.88. The minimum Gasteiger partial charge on any atom is -0.352 e. The summed E-state index contributed by atoms with van der Waals surface area (Å²) in [4.78, 5) is 39.0. The number of hydrogen-bond acceptors (Lipinski definition) is 4. The van der Waals surface area contributed by atoms with Gasteiger partial charge in [-0.3, -0.25) is 14.4 Å². The van der Waals surface area contributed by atoms with Gasteiger partial charge in [0.2, 0.25) is 5.78 Å². The maximum Gasteiger partial charge on any atom is 0.251 e. The highest BCUT2D eigenvalue weighted by molar-refractivity contribution is 6.28. The highest BCUT2D eigenvalue weighted by Gasteiger charge is 2.38. The molecule has 2 heterocycles. The molecule has 1 aliphatic carbocycles. The van der Waals surface area contributed by atoms with Crippen LogP contribution in [-0.4, -0.2) is 16.1 Å². The van der Waals surface area contributed by atoms with E-state index in [0.717, 1.165) is 37.7 Å². The average Bonchev–Trinajstić information content (AvgIpc) is 2.60. The lowest BCUT2D eigenvalue weighted by Crippen LogP contribution is -2.38. The topological polar surface area (TPSA) is 68.2 Å². The predicted octanol–water partition coefficient (Wildman–Crippen LogP) is 3.82. The second-order valence-electron chi connectivity index (χ2n) is 7.34. The van der Waals surface area contributed by atoms with Gasteiger partial charge in [-0.2, -0.15) is 0 Å². The standard InChI is InChI=1S/C22H26N2O3/c1-5-6-7-8-9-10-24-16(25)12-14(3)18-20(24)22(27)19-17(21(18)26)13(2)11-15(4)23-19/h11-12,23H,4-10H2,1-3H3. The summed E-state index contributed by atoms with van der Waals surface area (Å²) >= 11 is 0. The largest absolute Gasteiger partial charge is 0.352 e. The summed E-state index contributed by atoms with van der Waals surface area (Å²) in [5.41, 5.74) is 2.81. The zero-order valence-corrected chi connectivity index (χ0v) is 16.3. The molecule has 1 aromatic rings. The summed E-state index contributed by atoms with van der Waals surface area (Å²) < 4.78 is 1.48. The van der Waals surface area contributed by atoms with Crippen molar-refractivity contribution in [2.45, 2.75) is 59.4 Å². The Kier molecular flexibility index (Phi) is 5.31. The van der Waals surface area contributed by atoms with Crippen molar-refractivity contribution < 1.29 is 9.59 Å². The molecular weight excluding hydrogens is 340 g/mol. The van der Waals surface area contributed by atoms with Gasteiger partial charge in [-0.1, -0.05) is 39.2 Å². The Balaban J connectivity index is 2.06. The Bertz CT molecular complexity index is 961. The molecule has 2 aliphatic rings. The molecule has 0 saturated heterocycles. The van der Waals surface area contributed by atoms with Crippen LogP contribution in [0.3, 0.4) is 0 Å². The molecule has 0 amide bonds.